The van der Waals surface area contributed by atoms with Gasteiger partial charge in [-0.25, -0.2) is 0 Å². The molecule has 0 aliphatic heterocycles. The summed E-state index contributed by atoms with van der Waals surface area (Å²) in [7, 11) is 0. The first-order chi connectivity index (χ1) is 10.6. The Morgan fingerprint density at radius 1 is 1.18 bits per heavy atom. The van der Waals surface area contributed by atoms with Crippen LogP contribution in [0.2, 0.25) is 0 Å². The molecule has 1 amide bonds. The van der Waals surface area contributed by atoms with Crippen LogP contribution >= 0.6 is 15.9 Å². The largest absolute Gasteiger partial charge is 0.493 e. The van der Waals surface area contributed by atoms with Crippen molar-refractivity contribution in [2.24, 2.45) is 0 Å². The maximum atomic E-state index is 12.0. The number of rotatable bonds is 6. The van der Waals surface area contributed by atoms with Gasteiger partial charge in [0.2, 0.25) is 5.91 Å². The maximum absolute atomic E-state index is 12.0. The summed E-state index contributed by atoms with van der Waals surface area (Å²) in [6.45, 7) is 4.37. The molecule has 2 aromatic rings. The fourth-order valence-corrected chi connectivity index (χ4v) is 2.74. The van der Waals surface area contributed by atoms with Crippen molar-refractivity contribution in [1.29, 1.82) is 0 Å². The zero-order valence-electron chi connectivity index (χ0n) is 12.8. The van der Waals surface area contributed by atoms with Crippen molar-refractivity contribution >= 4 is 21.8 Å². The van der Waals surface area contributed by atoms with Crippen LogP contribution in [-0.2, 0) is 4.79 Å². The highest BCUT2D eigenvalue weighted by atomic mass is 79.9. The predicted molar refractivity (Wildman–Crippen MR) is 92.0 cm³/mol. The normalized spacial score (nSPS) is 11.8. The predicted octanol–water partition coefficient (Wildman–Crippen LogP) is 4.40. The van der Waals surface area contributed by atoms with Crippen LogP contribution in [0.15, 0.2) is 53.0 Å². The van der Waals surface area contributed by atoms with E-state index < -0.39 is 0 Å². The molecule has 0 heterocycles. The van der Waals surface area contributed by atoms with Crippen molar-refractivity contribution in [3.05, 3.63) is 64.1 Å². The lowest BCUT2D eigenvalue weighted by molar-refractivity contribution is -0.122. The lowest BCUT2D eigenvalue weighted by atomic mass is 10.1. The number of aryl methyl sites for hydroxylation is 1. The van der Waals surface area contributed by atoms with Gasteiger partial charge in [-0.3, -0.25) is 4.79 Å². The first kappa shape index (κ1) is 16.6. The third-order valence-corrected chi connectivity index (χ3v) is 4.09. The summed E-state index contributed by atoms with van der Waals surface area (Å²) in [5.41, 5.74) is 2.25. The molecule has 0 saturated carbocycles. The van der Waals surface area contributed by atoms with Gasteiger partial charge < -0.3 is 10.1 Å². The molecule has 0 aromatic heterocycles. The van der Waals surface area contributed by atoms with Gasteiger partial charge in [0, 0.05) is 4.47 Å². The van der Waals surface area contributed by atoms with Crippen molar-refractivity contribution in [3.8, 4) is 5.75 Å². The highest BCUT2D eigenvalue weighted by Gasteiger charge is 2.11. The van der Waals surface area contributed by atoms with E-state index in [1.54, 1.807) is 0 Å². The minimum Gasteiger partial charge on any atom is -0.493 e. The van der Waals surface area contributed by atoms with Gasteiger partial charge in [-0.2, -0.15) is 0 Å². The molecule has 0 spiro atoms. The fourth-order valence-electron chi connectivity index (χ4n) is 2.11. The smallest absolute Gasteiger partial charge is 0.223 e. The molecule has 0 saturated heterocycles. The molecule has 22 heavy (non-hydrogen) atoms. The van der Waals surface area contributed by atoms with Gasteiger partial charge in [0.1, 0.15) is 5.75 Å². The van der Waals surface area contributed by atoms with Gasteiger partial charge >= 0.3 is 0 Å². The van der Waals surface area contributed by atoms with Gasteiger partial charge in [-0.05, 0) is 37.6 Å². The molecule has 1 N–H and O–H groups in total. The van der Waals surface area contributed by atoms with Gasteiger partial charge in [0.05, 0.1) is 19.1 Å². The van der Waals surface area contributed by atoms with E-state index in [0.717, 1.165) is 15.8 Å². The van der Waals surface area contributed by atoms with Crippen LogP contribution in [0.5, 0.6) is 5.75 Å². The lowest BCUT2D eigenvalue weighted by Gasteiger charge is -2.16. The first-order valence-electron chi connectivity index (χ1n) is 7.29. The van der Waals surface area contributed by atoms with Gasteiger partial charge in [-0.1, -0.05) is 51.8 Å². The summed E-state index contributed by atoms with van der Waals surface area (Å²) in [5.74, 6) is 0.771. The second kappa shape index (κ2) is 7.99. The van der Waals surface area contributed by atoms with Crippen LogP contribution in [0, 0.1) is 6.92 Å². The summed E-state index contributed by atoms with van der Waals surface area (Å²) in [6.07, 6.45) is 0.336. The zero-order chi connectivity index (χ0) is 15.9. The van der Waals surface area contributed by atoms with Crippen LogP contribution in [0.4, 0.5) is 0 Å². The molecular weight excluding hydrogens is 342 g/mol. The molecule has 0 bridgehead atoms. The molecular formula is C18H20BrNO2. The van der Waals surface area contributed by atoms with E-state index in [0.29, 0.717) is 13.0 Å². The molecule has 0 aliphatic rings. The first-order valence-corrected chi connectivity index (χ1v) is 8.09. The Hall–Kier alpha value is -1.81. The van der Waals surface area contributed by atoms with Crippen molar-refractivity contribution in [3.63, 3.8) is 0 Å². The van der Waals surface area contributed by atoms with E-state index >= 15 is 0 Å². The molecule has 0 fully saturated rings. The molecule has 2 aromatic carbocycles. The monoisotopic (exact) mass is 361 g/mol. The molecule has 2 rings (SSSR count). The second-order valence-corrected chi connectivity index (χ2v) is 6.08. The molecule has 0 radical (unpaired) electrons. The quantitative estimate of drug-likeness (QED) is 0.827. The molecule has 1 atom stereocenters. The van der Waals surface area contributed by atoms with E-state index in [1.807, 2.05) is 62.4 Å². The van der Waals surface area contributed by atoms with Crippen LogP contribution in [-0.4, -0.2) is 12.5 Å². The minimum absolute atomic E-state index is 0.0182. The van der Waals surface area contributed by atoms with Crippen molar-refractivity contribution < 1.29 is 9.53 Å². The Kier molecular flexibility index (Phi) is 6.01. The summed E-state index contributed by atoms with van der Waals surface area (Å²) in [4.78, 5) is 12.0. The average Bonchev–Trinajstić information content (AvgIpc) is 2.49. The number of hydrogen-bond acceptors (Lipinski definition) is 2. The van der Waals surface area contributed by atoms with E-state index in [1.165, 1.54) is 5.56 Å². The maximum Gasteiger partial charge on any atom is 0.223 e. The Labute approximate surface area is 139 Å². The van der Waals surface area contributed by atoms with Crippen LogP contribution in [0.3, 0.4) is 0 Å². The standard InChI is InChI=1S/C18H20BrNO2/c1-13-7-9-15(10-8-13)22-12-11-18(21)20-14(2)16-5-3-4-6-17(16)19/h3-10,14H,11-12H2,1-2H3,(H,20,21)/t14-/m1/s1. The van der Waals surface area contributed by atoms with E-state index in [4.69, 9.17) is 4.74 Å². The van der Waals surface area contributed by atoms with Crippen LogP contribution in [0.1, 0.15) is 30.5 Å². The number of amides is 1. The van der Waals surface area contributed by atoms with Gasteiger partial charge in [0.25, 0.3) is 0 Å². The number of ether oxygens (including phenoxy) is 1. The summed E-state index contributed by atoms with van der Waals surface area (Å²) in [5, 5.41) is 2.98. The zero-order valence-corrected chi connectivity index (χ0v) is 14.4. The Balaban J connectivity index is 1.78. The topological polar surface area (TPSA) is 38.3 Å². The van der Waals surface area contributed by atoms with Crippen molar-refractivity contribution in [1.82, 2.24) is 5.32 Å². The number of hydrogen-bond donors (Lipinski definition) is 1. The summed E-state index contributed by atoms with van der Waals surface area (Å²) < 4.78 is 6.57. The van der Waals surface area contributed by atoms with Gasteiger partial charge in [-0.15, -0.1) is 0 Å². The highest BCUT2D eigenvalue weighted by Crippen LogP contribution is 2.22. The van der Waals surface area contributed by atoms with E-state index in [-0.39, 0.29) is 11.9 Å². The number of nitrogens with one attached hydrogen (secondary N) is 1. The number of benzene rings is 2. The van der Waals surface area contributed by atoms with Gasteiger partial charge in [0.15, 0.2) is 0 Å². The van der Waals surface area contributed by atoms with Crippen molar-refractivity contribution in [2.45, 2.75) is 26.3 Å². The molecule has 116 valence electrons. The third-order valence-electron chi connectivity index (χ3n) is 3.37. The third kappa shape index (κ3) is 4.88. The van der Waals surface area contributed by atoms with Crippen molar-refractivity contribution in [2.75, 3.05) is 6.61 Å². The Morgan fingerprint density at radius 3 is 2.55 bits per heavy atom. The van der Waals surface area contributed by atoms with E-state index in [9.17, 15) is 4.79 Å². The Bertz CT molecular complexity index is 625. The molecule has 0 unspecified atom stereocenters. The van der Waals surface area contributed by atoms with E-state index in [2.05, 4.69) is 21.2 Å². The molecule has 4 heteroatoms. The summed E-state index contributed by atoms with van der Waals surface area (Å²) in [6, 6.07) is 15.7. The lowest BCUT2D eigenvalue weighted by Crippen LogP contribution is -2.28. The number of carbonyl (C=O) groups is 1. The van der Waals surface area contributed by atoms with Crippen LogP contribution in [0.25, 0.3) is 0 Å². The fraction of sp³-hybridized carbons (Fsp3) is 0.278. The minimum atomic E-state index is -0.0394. The summed E-state index contributed by atoms with van der Waals surface area (Å²) >= 11 is 3.50. The average molecular weight is 362 g/mol. The highest BCUT2D eigenvalue weighted by molar-refractivity contribution is 9.10. The second-order valence-electron chi connectivity index (χ2n) is 5.22. The molecule has 3 nitrogen and oxygen atoms in total. The SMILES string of the molecule is Cc1ccc(OCCC(=O)N[C@H](C)c2ccccc2Br)cc1. The number of carbonyl (C=O) groups excluding carboxylic acids is 1. The Morgan fingerprint density at radius 2 is 1.86 bits per heavy atom. The molecule has 0 aliphatic carbocycles. The number of halogens is 1. The van der Waals surface area contributed by atoms with Crippen LogP contribution < -0.4 is 10.1 Å².